The third kappa shape index (κ3) is 2.03. The first kappa shape index (κ1) is 12.3. The van der Waals surface area contributed by atoms with E-state index in [1.54, 1.807) is 16.8 Å². The van der Waals surface area contributed by atoms with Crippen LogP contribution in [0, 0.1) is 0 Å². The molecule has 0 amide bonds. The van der Waals surface area contributed by atoms with Crippen molar-refractivity contribution < 1.29 is 4.42 Å². The van der Waals surface area contributed by atoms with Crippen molar-refractivity contribution in [2.75, 3.05) is 11.1 Å². The molecule has 0 aliphatic rings. The summed E-state index contributed by atoms with van der Waals surface area (Å²) in [5.74, 6) is -0.493. The number of aromatic amines is 1. The number of nitrogen functional groups attached to an aromatic ring is 1. The predicted molar refractivity (Wildman–Crippen MR) is 77.1 cm³/mol. The molecule has 0 fully saturated rings. The number of nitrogens with two attached hydrogens (primary N) is 1. The highest BCUT2D eigenvalue weighted by molar-refractivity contribution is 5.87. The zero-order chi connectivity index (χ0) is 14.3. The van der Waals surface area contributed by atoms with E-state index in [-0.39, 0.29) is 0 Å². The second-order valence-electron chi connectivity index (χ2n) is 4.59. The molecule has 3 rings (SSSR count). The van der Waals surface area contributed by atoms with Crippen LogP contribution in [0.1, 0.15) is 12.6 Å². The predicted octanol–water partition coefficient (Wildman–Crippen LogP) is 1.74. The minimum Gasteiger partial charge on any atom is -0.408 e. The molecule has 0 aliphatic heterocycles. The van der Waals surface area contributed by atoms with E-state index in [2.05, 4.69) is 15.4 Å². The highest BCUT2D eigenvalue weighted by atomic mass is 16.4. The Kier molecular flexibility index (Phi) is 2.74. The summed E-state index contributed by atoms with van der Waals surface area (Å²) in [5, 5.41) is 7.60. The summed E-state index contributed by atoms with van der Waals surface area (Å²) in [5.41, 5.74) is 10.1. The summed E-state index contributed by atoms with van der Waals surface area (Å²) in [6.07, 6.45) is 2.70. The van der Waals surface area contributed by atoms with Gasteiger partial charge in [-0.3, -0.25) is 9.67 Å². The first-order valence-corrected chi connectivity index (χ1v) is 6.28. The summed E-state index contributed by atoms with van der Waals surface area (Å²) in [4.78, 5) is 13.8. The van der Waals surface area contributed by atoms with Gasteiger partial charge in [0.05, 0.1) is 28.3 Å². The maximum Gasteiger partial charge on any atom is 0.417 e. The number of hydrogen-bond acceptors (Lipinski definition) is 5. The molecule has 0 spiro atoms. The first-order valence-electron chi connectivity index (χ1n) is 6.28. The van der Waals surface area contributed by atoms with Crippen LogP contribution in [-0.2, 0) is 13.5 Å². The second-order valence-corrected chi connectivity index (χ2v) is 4.59. The molecule has 0 saturated heterocycles. The minimum atomic E-state index is -0.493. The maximum absolute atomic E-state index is 11.2. The van der Waals surface area contributed by atoms with Crippen LogP contribution in [0.25, 0.3) is 11.1 Å². The van der Waals surface area contributed by atoms with Crippen LogP contribution >= 0.6 is 0 Å². The van der Waals surface area contributed by atoms with E-state index in [9.17, 15) is 4.79 Å². The molecule has 7 heteroatoms. The Morgan fingerprint density at radius 1 is 1.45 bits per heavy atom. The van der Waals surface area contributed by atoms with Crippen molar-refractivity contribution in [3.8, 4) is 0 Å². The van der Waals surface area contributed by atoms with Crippen LogP contribution in [0.5, 0.6) is 0 Å². The first-order chi connectivity index (χ1) is 9.56. The second kappa shape index (κ2) is 4.44. The Bertz CT molecular complexity index is 827. The number of aromatic nitrogens is 3. The Balaban J connectivity index is 2.05. The molecular weight excluding hydrogens is 258 g/mol. The van der Waals surface area contributed by atoms with Gasteiger partial charge in [-0.05, 0) is 12.5 Å². The third-order valence-corrected chi connectivity index (χ3v) is 3.10. The lowest BCUT2D eigenvalue weighted by Crippen LogP contribution is -1.98. The molecule has 20 heavy (non-hydrogen) atoms. The number of benzene rings is 1. The summed E-state index contributed by atoms with van der Waals surface area (Å²) >= 11 is 0. The summed E-state index contributed by atoms with van der Waals surface area (Å²) in [6, 6.07) is 3.37. The van der Waals surface area contributed by atoms with Crippen molar-refractivity contribution in [2.24, 2.45) is 7.05 Å². The molecule has 0 atom stereocenters. The molecule has 0 saturated carbocycles. The monoisotopic (exact) mass is 273 g/mol. The molecule has 0 unspecified atom stereocenters. The number of anilines is 3. The summed E-state index contributed by atoms with van der Waals surface area (Å²) in [6.45, 7) is 2.04. The molecule has 0 aliphatic carbocycles. The summed E-state index contributed by atoms with van der Waals surface area (Å²) in [7, 11) is 1.87. The average Bonchev–Trinajstić information content (AvgIpc) is 2.91. The van der Waals surface area contributed by atoms with Crippen LogP contribution in [0.4, 0.5) is 17.1 Å². The lowest BCUT2D eigenvalue weighted by Gasteiger charge is -2.08. The SMILES string of the molecule is CCc1nn(C)cc1Nc1cc2[nH]c(=O)oc2cc1N. The number of fused-ring (bicyclic) bond motifs is 1. The Morgan fingerprint density at radius 3 is 3.00 bits per heavy atom. The Hall–Kier alpha value is -2.70. The van der Waals surface area contributed by atoms with E-state index in [0.29, 0.717) is 22.5 Å². The number of rotatable bonds is 3. The molecule has 2 aromatic heterocycles. The van der Waals surface area contributed by atoms with Crippen molar-refractivity contribution in [3.05, 3.63) is 34.6 Å². The van der Waals surface area contributed by atoms with E-state index >= 15 is 0 Å². The average molecular weight is 273 g/mol. The standard InChI is InChI=1S/C13H15N5O2/c1-3-8-11(6-18(2)17-8)15-9-5-10-12(4-7(9)14)20-13(19)16-10/h4-6,15H,3,14H2,1-2H3,(H,16,19). The fraction of sp³-hybridized carbons (Fsp3) is 0.231. The Labute approximate surface area is 114 Å². The van der Waals surface area contributed by atoms with Gasteiger partial charge in [-0.1, -0.05) is 6.92 Å². The normalized spacial score (nSPS) is 11.1. The lowest BCUT2D eigenvalue weighted by molar-refractivity contribution is 0.555. The molecule has 0 radical (unpaired) electrons. The quantitative estimate of drug-likeness (QED) is 0.631. The maximum atomic E-state index is 11.2. The van der Waals surface area contributed by atoms with Gasteiger partial charge >= 0.3 is 5.76 Å². The lowest BCUT2D eigenvalue weighted by atomic mass is 10.2. The van der Waals surface area contributed by atoms with Crippen LogP contribution in [0.2, 0.25) is 0 Å². The van der Waals surface area contributed by atoms with Gasteiger partial charge in [-0.25, -0.2) is 4.79 Å². The fourth-order valence-corrected chi connectivity index (χ4v) is 2.17. The van der Waals surface area contributed by atoms with Gasteiger partial charge in [0.2, 0.25) is 0 Å². The third-order valence-electron chi connectivity index (χ3n) is 3.10. The van der Waals surface area contributed by atoms with Crippen molar-refractivity contribution in [1.29, 1.82) is 0 Å². The van der Waals surface area contributed by atoms with Gasteiger partial charge in [0.1, 0.15) is 0 Å². The smallest absolute Gasteiger partial charge is 0.408 e. The van der Waals surface area contributed by atoms with Gasteiger partial charge in [-0.2, -0.15) is 5.10 Å². The molecule has 2 heterocycles. The molecule has 7 nitrogen and oxygen atoms in total. The number of aryl methyl sites for hydroxylation is 2. The van der Waals surface area contributed by atoms with Gasteiger partial charge in [0, 0.05) is 19.3 Å². The fourth-order valence-electron chi connectivity index (χ4n) is 2.17. The molecule has 3 aromatic rings. The van der Waals surface area contributed by atoms with Crippen molar-refractivity contribution in [3.63, 3.8) is 0 Å². The van der Waals surface area contributed by atoms with Crippen LogP contribution in [-0.4, -0.2) is 14.8 Å². The van der Waals surface area contributed by atoms with E-state index in [0.717, 1.165) is 17.8 Å². The van der Waals surface area contributed by atoms with Crippen molar-refractivity contribution in [2.45, 2.75) is 13.3 Å². The largest absolute Gasteiger partial charge is 0.417 e. The number of H-pyrrole nitrogens is 1. The number of oxazole rings is 1. The van der Waals surface area contributed by atoms with Crippen LogP contribution in [0.15, 0.2) is 27.5 Å². The summed E-state index contributed by atoms with van der Waals surface area (Å²) < 4.78 is 6.71. The van der Waals surface area contributed by atoms with Crippen LogP contribution < -0.4 is 16.8 Å². The number of nitrogens with one attached hydrogen (secondary N) is 2. The number of hydrogen-bond donors (Lipinski definition) is 3. The number of nitrogens with zero attached hydrogens (tertiary/aromatic N) is 2. The Morgan fingerprint density at radius 2 is 2.25 bits per heavy atom. The highest BCUT2D eigenvalue weighted by Crippen LogP contribution is 2.28. The van der Waals surface area contributed by atoms with Gasteiger partial charge < -0.3 is 15.5 Å². The molecular formula is C13H15N5O2. The van der Waals surface area contributed by atoms with Gasteiger partial charge in [0.15, 0.2) is 5.58 Å². The van der Waals surface area contributed by atoms with Gasteiger partial charge in [-0.15, -0.1) is 0 Å². The van der Waals surface area contributed by atoms with Crippen molar-refractivity contribution in [1.82, 2.24) is 14.8 Å². The highest BCUT2D eigenvalue weighted by Gasteiger charge is 2.10. The van der Waals surface area contributed by atoms with Crippen LogP contribution in [0.3, 0.4) is 0 Å². The molecule has 4 N–H and O–H groups in total. The minimum absolute atomic E-state index is 0.444. The van der Waals surface area contributed by atoms with E-state index in [1.165, 1.54) is 0 Å². The van der Waals surface area contributed by atoms with E-state index in [1.807, 2.05) is 20.2 Å². The molecule has 104 valence electrons. The van der Waals surface area contributed by atoms with E-state index in [4.69, 9.17) is 10.2 Å². The zero-order valence-corrected chi connectivity index (χ0v) is 11.2. The van der Waals surface area contributed by atoms with E-state index < -0.39 is 5.76 Å². The van der Waals surface area contributed by atoms with Gasteiger partial charge in [0.25, 0.3) is 0 Å². The molecule has 0 bridgehead atoms. The van der Waals surface area contributed by atoms with Crippen molar-refractivity contribution >= 4 is 28.2 Å². The molecule has 1 aromatic carbocycles. The topological polar surface area (TPSA) is 102 Å². The zero-order valence-electron chi connectivity index (χ0n) is 11.2.